The van der Waals surface area contributed by atoms with Gasteiger partial charge in [-0.2, -0.15) is 0 Å². The Hall–Kier alpha value is -1.40. The van der Waals surface area contributed by atoms with Crippen LogP contribution in [0.25, 0.3) is 0 Å². The number of furan rings is 1. The third-order valence-corrected chi connectivity index (χ3v) is 3.61. The summed E-state index contributed by atoms with van der Waals surface area (Å²) in [6, 6.07) is 3.35. The predicted molar refractivity (Wildman–Crippen MR) is 67.0 cm³/mol. The van der Waals surface area contributed by atoms with E-state index < -0.39 is 4.92 Å². The summed E-state index contributed by atoms with van der Waals surface area (Å²) in [5, 5.41) is 10.5. The Bertz CT molecular complexity index is 418. The average Bonchev–Trinajstić information content (AvgIpc) is 2.80. The highest BCUT2D eigenvalue weighted by molar-refractivity contribution is 5.17. The first kappa shape index (κ1) is 13.0. The van der Waals surface area contributed by atoms with Gasteiger partial charge in [0.25, 0.3) is 0 Å². The van der Waals surface area contributed by atoms with Crippen molar-refractivity contribution in [3.63, 3.8) is 0 Å². The molecule has 0 saturated carbocycles. The first-order chi connectivity index (χ1) is 8.60. The van der Waals surface area contributed by atoms with Gasteiger partial charge in [-0.15, -0.1) is 0 Å². The van der Waals surface area contributed by atoms with Gasteiger partial charge in [-0.25, -0.2) is 0 Å². The fourth-order valence-electron chi connectivity index (χ4n) is 2.47. The number of nitrogens with zero attached hydrogens (tertiary/aromatic N) is 2. The molecule has 2 heterocycles. The van der Waals surface area contributed by atoms with Crippen molar-refractivity contribution >= 4 is 5.88 Å². The van der Waals surface area contributed by atoms with Crippen molar-refractivity contribution in [1.29, 1.82) is 0 Å². The summed E-state index contributed by atoms with van der Waals surface area (Å²) in [6.45, 7) is 4.63. The van der Waals surface area contributed by atoms with Crippen molar-refractivity contribution < 1.29 is 9.34 Å². The van der Waals surface area contributed by atoms with E-state index in [9.17, 15) is 10.1 Å². The molecule has 0 spiro atoms. The monoisotopic (exact) mass is 253 g/mol. The van der Waals surface area contributed by atoms with Crippen LogP contribution in [0.1, 0.15) is 25.5 Å². The maximum absolute atomic E-state index is 10.5. The Balaban J connectivity index is 1.94. The van der Waals surface area contributed by atoms with Crippen LogP contribution < -0.4 is 5.73 Å². The SMILES string of the molecule is CCC1CN(Cc2ccc([N+](=O)[O-])o2)CCC1N. The lowest BCUT2D eigenvalue weighted by Crippen LogP contribution is -2.46. The lowest BCUT2D eigenvalue weighted by Gasteiger charge is -2.35. The molecule has 2 atom stereocenters. The molecular weight excluding hydrogens is 234 g/mol. The van der Waals surface area contributed by atoms with Crippen molar-refractivity contribution in [3.05, 3.63) is 28.0 Å². The molecule has 0 aliphatic carbocycles. The van der Waals surface area contributed by atoms with E-state index in [1.807, 2.05) is 0 Å². The van der Waals surface area contributed by atoms with Crippen LogP contribution in [0.4, 0.5) is 5.88 Å². The smallest absolute Gasteiger partial charge is 0.404 e. The number of hydrogen-bond donors (Lipinski definition) is 1. The summed E-state index contributed by atoms with van der Waals surface area (Å²) in [6.07, 6.45) is 2.04. The van der Waals surface area contributed by atoms with E-state index in [0.717, 1.165) is 25.9 Å². The van der Waals surface area contributed by atoms with E-state index in [0.29, 0.717) is 18.2 Å². The number of hydrogen-bond acceptors (Lipinski definition) is 5. The van der Waals surface area contributed by atoms with Gasteiger partial charge in [-0.05, 0) is 18.4 Å². The molecule has 2 N–H and O–H groups in total. The summed E-state index contributed by atoms with van der Waals surface area (Å²) in [7, 11) is 0. The number of nitro groups is 1. The van der Waals surface area contributed by atoms with Crippen LogP contribution in [-0.2, 0) is 6.54 Å². The molecule has 0 radical (unpaired) electrons. The summed E-state index contributed by atoms with van der Waals surface area (Å²) in [4.78, 5) is 12.3. The van der Waals surface area contributed by atoms with Gasteiger partial charge in [0.05, 0.1) is 12.6 Å². The van der Waals surface area contributed by atoms with Gasteiger partial charge < -0.3 is 10.2 Å². The molecule has 1 saturated heterocycles. The zero-order valence-corrected chi connectivity index (χ0v) is 10.5. The molecule has 18 heavy (non-hydrogen) atoms. The lowest BCUT2D eigenvalue weighted by molar-refractivity contribution is -0.402. The Morgan fingerprint density at radius 1 is 1.61 bits per heavy atom. The first-order valence-corrected chi connectivity index (χ1v) is 6.31. The standard InChI is InChI=1S/C12H19N3O3/c1-2-9-7-14(6-5-11(9)13)8-10-3-4-12(18-10)15(16)17/h3-4,9,11H,2,5-8,13H2,1H3. The zero-order valence-electron chi connectivity index (χ0n) is 10.5. The summed E-state index contributed by atoms with van der Waals surface area (Å²) >= 11 is 0. The zero-order chi connectivity index (χ0) is 13.1. The van der Waals surface area contributed by atoms with E-state index in [-0.39, 0.29) is 11.9 Å². The molecule has 1 aliphatic heterocycles. The van der Waals surface area contributed by atoms with Crippen molar-refractivity contribution in [2.24, 2.45) is 11.7 Å². The van der Waals surface area contributed by atoms with Crippen LogP contribution in [-0.4, -0.2) is 29.0 Å². The summed E-state index contributed by atoms with van der Waals surface area (Å²) < 4.78 is 5.17. The molecule has 2 rings (SSSR count). The molecule has 1 aromatic rings. The molecule has 0 aromatic carbocycles. The van der Waals surface area contributed by atoms with Crippen molar-refractivity contribution in [2.75, 3.05) is 13.1 Å². The van der Waals surface area contributed by atoms with Crippen molar-refractivity contribution in [1.82, 2.24) is 4.90 Å². The Labute approximate surface area is 106 Å². The summed E-state index contributed by atoms with van der Waals surface area (Å²) in [5.41, 5.74) is 6.05. The molecule has 100 valence electrons. The van der Waals surface area contributed by atoms with Crippen molar-refractivity contribution in [3.8, 4) is 0 Å². The minimum atomic E-state index is -0.509. The molecule has 0 amide bonds. The van der Waals surface area contributed by atoms with Crippen LogP contribution in [0.15, 0.2) is 16.5 Å². The number of likely N-dealkylation sites (tertiary alicyclic amines) is 1. The maximum atomic E-state index is 10.5. The Morgan fingerprint density at radius 2 is 2.39 bits per heavy atom. The van der Waals surface area contributed by atoms with E-state index >= 15 is 0 Å². The van der Waals surface area contributed by atoms with Crippen molar-refractivity contribution in [2.45, 2.75) is 32.4 Å². The van der Waals surface area contributed by atoms with Gasteiger partial charge >= 0.3 is 5.88 Å². The fraction of sp³-hybridized carbons (Fsp3) is 0.667. The number of nitrogens with two attached hydrogens (primary N) is 1. The third kappa shape index (κ3) is 2.88. The quantitative estimate of drug-likeness (QED) is 0.652. The van der Waals surface area contributed by atoms with Crippen LogP contribution >= 0.6 is 0 Å². The fourth-order valence-corrected chi connectivity index (χ4v) is 2.47. The second kappa shape index (κ2) is 5.49. The molecule has 1 fully saturated rings. The minimum Gasteiger partial charge on any atom is -0.404 e. The lowest BCUT2D eigenvalue weighted by atomic mass is 9.91. The van der Waals surface area contributed by atoms with Gasteiger partial charge in [-0.1, -0.05) is 13.3 Å². The first-order valence-electron chi connectivity index (χ1n) is 6.31. The van der Waals surface area contributed by atoms with Crippen LogP contribution in [0.5, 0.6) is 0 Å². The average molecular weight is 253 g/mol. The molecule has 6 heteroatoms. The third-order valence-electron chi connectivity index (χ3n) is 3.61. The molecule has 6 nitrogen and oxygen atoms in total. The number of rotatable bonds is 4. The van der Waals surface area contributed by atoms with Crippen LogP contribution in [0.2, 0.25) is 0 Å². The Kier molecular flexibility index (Phi) is 3.98. The molecular formula is C12H19N3O3. The van der Waals surface area contributed by atoms with Gasteiger partial charge in [0.15, 0.2) is 0 Å². The van der Waals surface area contributed by atoms with E-state index in [4.69, 9.17) is 10.2 Å². The van der Waals surface area contributed by atoms with Gasteiger partial charge in [0.1, 0.15) is 10.7 Å². The maximum Gasteiger partial charge on any atom is 0.433 e. The van der Waals surface area contributed by atoms with E-state index in [1.165, 1.54) is 6.07 Å². The van der Waals surface area contributed by atoms with Crippen LogP contribution in [0.3, 0.4) is 0 Å². The van der Waals surface area contributed by atoms with Crippen LogP contribution in [0, 0.1) is 16.0 Å². The highest BCUT2D eigenvalue weighted by Crippen LogP contribution is 2.22. The number of piperidine rings is 1. The highest BCUT2D eigenvalue weighted by Gasteiger charge is 2.26. The largest absolute Gasteiger partial charge is 0.433 e. The molecule has 0 bridgehead atoms. The van der Waals surface area contributed by atoms with Gasteiger partial charge in [0, 0.05) is 19.1 Å². The van der Waals surface area contributed by atoms with Gasteiger partial charge in [-0.3, -0.25) is 15.0 Å². The highest BCUT2D eigenvalue weighted by atomic mass is 16.6. The molecule has 2 unspecified atom stereocenters. The predicted octanol–water partition coefficient (Wildman–Crippen LogP) is 1.75. The normalized spacial score (nSPS) is 25.2. The second-order valence-electron chi connectivity index (χ2n) is 4.85. The topological polar surface area (TPSA) is 85.5 Å². The van der Waals surface area contributed by atoms with E-state index in [1.54, 1.807) is 6.07 Å². The molecule has 1 aromatic heterocycles. The molecule has 1 aliphatic rings. The summed E-state index contributed by atoms with van der Waals surface area (Å²) in [5.74, 6) is 0.960. The van der Waals surface area contributed by atoms with E-state index in [2.05, 4.69) is 11.8 Å². The minimum absolute atomic E-state index is 0.189. The second-order valence-corrected chi connectivity index (χ2v) is 4.85. The Morgan fingerprint density at radius 3 is 3.00 bits per heavy atom. The van der Waals surface area contributed by atoms with Gasteiger partial charge in [0.2, 0.25) is 0 Å².